The van der Waals surface area contributed by atoms with Gasteiger partial charge in [0.25, 0.3) is 5.91 Å². The number of rotatable bonds is 5. The van der Waals surface area contributed by atoms with Gasteiger partial charge in [0.15, 0.2) is 0 Å². The number of piperidine rings is 1. The van der Waals surface area contributed by atoms with E-state index in [2.05, 4.69) is 10.1 Å². The predicted octanol–water partition coefficient (Wildman–Crippen LogP) is 4.15. The van der Waals surface area contributed by atoms with Gasteiger partial charge in [-0.05, 0) is 55.3 Å². The third-order valence-corrected chi connectivity index (χ3v) is 6.39. The van der Waals surface area contributed by atoms with Gasteiger partial charge in [-0.25, -0.2) is 12.8 Å². The van der Waals surface area contributed by atoms with E-state index < -0.39 is 38.8 Å². The second-order valence-corrected chi connectivity index (χ2v) is 8.54. The number of ether oxygens (including phenoxy) is 1. The largest absolute Gasteiger partial charge is 0.573 e. The number of nitrogens with zero attached hydrogens (tertiary/aromatic N) is 1. The van der Waals surface area contributed by atoms with Crippen molar-refractivity contribution in [2.45, 2.75) is 30.5 Å². The number of alkyl halides is 3. The Hall–Kier alpha value is -2.66. The molecule has 0 spiro atoms. The van der Waals surface area contributed by atoms with Crippen molar-refractivity contribution < 1.29 is 35.5 Å². The zero-order valence-corrected chi connectivity index (χ0v) is 16.4. The van der Waals surface area contributed by atoms with Crippen LogP contribution in [0.1, 0.15) is 29.6 Å². The summed E-state index contributed by atoms with van der Waals surface area (Å²) in [7, 11) is -4.09. The lowest BCUT2D eigenvalue weighted by molar-refractivity contribution is -0.274. The Kier molecular flexibility index (Phi) is 6.32. The maximum Gasteiger partial charge on any atom is 0.573 e. The van der Waals surface area contributed by atoms with Gasteiger partial charge in [-0.1, -0.05) is 6.42 Å². The van der Waals surface area contributed by atoms with Crippen LogP contribution in [0.2, 0.25) is 0 Å². The van der Waals surface area contributed by atoms with Crippen LogP contribution in [0.5, 0.6) is 5.75 Å². The molecule has 162 valence electrons. The maximum atomic E-state index is 14.2. The first-order chi connectivity index (χ1) is 14.1. The fraction of sp³-hybridized carbons (Fsp3) is 0.316. The minimum absolute atomic E-state index is 0.109. The minimum atomic E-state index is -4.84. The van der Waals surface area contributed by atoms with Crippen LogP contribution in [0, 0.1) is 5.82 Å². The normalized spacial score (nSPS) is 15.6. The van der Waals surface area contributed by atoms with E-state index in [9.17, 15) is 30.8 Å². The molecule has 0 atom stereocenters. The maximum absolute atomic E-state index is 14.2. The fourth-order valence-corrected chi connectivity index (χ4v) is 4.64. The van der Waals surface area contributed by atoms with Crippen LogP contribution < -0.4 is 10.1 Å². The number of nitrogens with one attached hydrogen (secondary N) is 1. The second kappa shape index (κ2) is 8.60. The van der Waals surface area contributed by atoms with E-state index in [-0.39, 0.29) is 24.3 Å². The molecule has 11 heteroatoms. The van der Waals surface area contributed by atoms with Crippen molar-refractivity contribution in [1.82, 2.24) is 4.31 Å². The highest BCUT2D eigenvalue weighted by atomic mass is 32.2. The first kappa shape index (κ1) is 22.0. The number of sulfonamides is 1. The Morgan fingerprint density at radius 3 is 2.23 bits per heavy atom. The summed E-state index contributed by atoms with van der Waals surface area (Å²) in [6.45, 7) is 0.565. The van der Waals surface area contributed by atoms with Gasteiger partial charge in [-0.2, -0.15) is 4.31 Å². The van der Waals surface area contributed by atoms with E-state index in [1.807, 2.05) is 0 Å². The van der Waals surface area contributed by atoms with E-state index in [0.717, 1.165) is 36.8 Å². The molecule has 0 aromatic heterocycles. The average molecular weight is 446 g/mol. The van der Waals surface area contributed by atoms with Crippen LogP contribution in [0.25, 0.3) is 0 Å². The van der Waals surface area contributed by atoms with E-state index in [1.165, 1.54) is 16.4 Å². The van der Waals surface area contributed by atoms with Crippen LogP contribution in [-0.2, 0) is 10.0 Å². The van der Waals surface area contributed by atoms with Crippen molar-refractivity contribution in [3.8, 4) is 5.75 Å². The molecule has 1 N–H and O–H groups in total. The first-order valence-electron chi connectivity index (χ1n) is 9.03. The second-order valence-electron chi connectivity index (χ2n) is 6.64. The van der Waals surface area contributed by atoms with E-state index >= 15 is 0 Å². The zero-order valence-electron chi connectivity index (χ0n) is 15.6. The van der Waals surface area contributed by atoms with Gasteiger partial charge in [0, 0.05) is 24.3 Å². The highest BCUT2D eigenvalue weighted by Crippen LogP contribution is 2.26. The molecule has 1 saturated heterocycles. The van der Waals surface area contributed by atoms with Crippen LogP contribution in [0.15, 0.2) is 47.4 Å². The predicted molar refractivity (Wildman–Crippen MR) is 100 cm³/mol. The van der Waals surface area contributed by atoms with Gasteiger partial charge in [-0.3, -0.25) is 4.79 Å². The monoisotopic (exact) mass is 446 g/mol. The highest BCUT2D eigenvalue weighted by molar-refractivity contribution is 7.89. The lowest BCUT2D eigenvalue weighted by Crippen LogP contribution is -2.36. The van der Waals surface area contributed by atoms with Gasteiger partial charge in [0.2, 0.25) is 10.0 Å². The third kappa shape index (κ3) is 5.28. The average Bonchev–Trinajstić information content (AvgIpc) is 2.69. The molecule has 0 unspecified atom stereocenters. The van der Waals surface area contributed by atoms with Crippen molar-refractivity contribution >= 4 is 21.6 Å². The summed E-state index contributed by atoms with van der Waals surface area (Å²) < 4.78 is 81.3. The number of carbonyl (C=O) groups is 1. The van der Waals surface area contributed by atoms with E-state index in [0.29, 0.717) is 12.8 Å². The molecule has 2 aromatic carbocycles. The van der Waals surface area contributed by atoms with Crippen LogP contribution >= 0.6 is 0 Å². The highest BCUT2D eigenvalue weighted by Gasteiger charge is 2.31. The summed E-state index contributed by atoms with van der Waals surface area (Å²) in [5.41, 5.74) is 0.0434. The molecule has 0 bridgehead atoms. The number of hydrogen-bond acceptors (Lipinski definition) is 4. The number of benzene rings is 2. The standard InChI is InChI=1S/C19H18F4N2O4S/c20-16-9-4-13(12-17(16)30(27,28)25-10-2-1-3-11-25)18(26)24-14-5-7-15(8-6-14)29-19(21,22)23/h4-9,12H,1-3,10-11H2,(H,24,26). The SMILES string of the molecule is O=C(Nc1ccc(OC(F)(F)F)cc1)c1ccc(F)c(S(=O)(=O)N2CCCCC2)c1. The summed E-state index contributed by atoms with van der Waals surface area (Å²) in [5, 5.41) is 2.42. The molecule has 1 amide bonds. The van der Waals surface area contributed by atoms with Crippen molar-refractivity contribution in [2.24, 2.45) is 0 Å². The zero-order chi connectivity index (χ0) is 21.9. The molecule has 6 nitrogen and oxygen atoms in total. The third-order valence-electron chi connectivity index (χ3n) is 4.47. The van der Waals surface area contributed by atoms with Crippen molar-refractivity contribution in [1.29, 1.82) is 0 Å². The lowest BCUT2D eigenvalue weighted by atomic mass is 10.2. The Bertz CT molecular complexity index is 1020. The quantitative estimate of drug-likeness (QED) is 0.701. The Labute approximate surface area is 170 Å². The van der Waals surface area contributed by atoms with Gasteiger partial charge in [-0.15, -0.1) is 13.2 Å². The summed E-state index contributed by atoms with van der Waals surface area (Å²) >= 11 is 0. The molecule has 0 saturated carbocycles. The molecule has 1 aliphatic heterocycles. The number of carbonyl (C=O) groups excluding carboxylic acids is 1. The molecular formula is C19H18F4N2O4S. The van der Waals surface area contributed by atoms with Gasteiger partial charge in [0.05, 0.1) is 0 Å². The Balaban J connectivity index is 1.78. The Morgan fingerprint density at radius 1 is 1.00 bits per heavy atom. The van der Waals surface area contributed by atoms with E-state index in [4.69, 9.17) is 0 Å². The van der Waals surface area contributed by atoms with Crippen molar-refractivity contribution in [3.63, 3.8) is 0 Å². The molecular weight excluding hydrogens is 428 g/mol. The summed E-state index contributed by atoms with van der Waals surface area (Å²) in [6, 6.07) is 7.38. The number of hydrogen-bond donors (Lipinski definition) is 1. The van der Waals surface area contributed by atoms with Gasteiger partial charge in [0.1, 0.15) is 16.5 Å². The van der Waals surface area contributed by atoms with Gasteiger partial charge >= 0.3 is 6.36 Å². The van der Waals surface area contributed by atoms with Crippen LogP contribution in [0.3, 0.4) is 0 Å². The molecule has 0 aliphatic carbocycles. The molecule has 1 fully saturated rings. The minimum Gasteiger partial charge on any atom is -0.406 e. The van der Waals surface area contributed by atoms with Gasteiger partial charge < -0.3 is 10.1 Å². The van der Waals surface area contributed by atoms with Crippen LogP contribution in [0.4, 0.5) is 23.2 Å². The lowest BCUT2D eigenvalue weighted by Gasteiger charge is -2.26. The summed E-state index contributed by atoms with van der Waals surface area (Å²) in [5.74, 6) is -2.17. The molecule has 0 radical (unpaired) electrons. The smallest absolute Gasteiger partial charge is 0.406 e. The Morgan fingerprint density at radius 2 is 1.63 bits per heavy atom. The summed E-state index contributed by atoms with van der Waals surface area (Å²) in [4.78, 5) is 11.8. The molecule has 1 aliphatic rings. The fourth-order valence-electron chi connectivity index (χ4n) is 3.03. The molecule has 30 heavy (non-hydrogen) atoms. The number of amides is 1. The number of halogens is 4. The molecule has 2 aromatic rings. The van der Waals surface area contributed by atoms with Crippen molar-refractivity contribution in [2.75, 3.05) is 18.4 Å². The molecule has 1 heterocycles. The summed E-state index contributed by atoms with van der Waals surface area (Å²) in [6.07, 6.45) is -2.59. The number of anilines is 1. The molecule has 3 rings (SSSR count). The van der Waals surface area contributed by atoms with E-state index in [1.54, 1.807) is 0 Å². The first-order valence-corrected chi connectivity index (χ1v) is 10.5. The van der Waals surface area contributed by atoms with Crippen molar-refractivity contribution in [3.05, 3.63) is 53.8 Å². The van der Waals surface area contributed by atoms with Crippen LogP contribution in [-0.4, -0.2) is 38.1 Å². The topological polar surface area (TPSA) is 75.7 Å².